The molecule has 1 aliphatic carbocycles. The maximum Gasteiger partial charge on any atom is 0.406 e. The van der Waals surface area contributed by atoms with Gasteiger partial charge >= 0.3 is 5.82 Å². The SMILES string of the molecule is CCCOC1C(Cl)CC1Oc1ccc(C)nc1[N+](=O)[O-]. The molecule has 0 aromatic carbocycles. The highest BCUT2D eigenvalue weighted by atomic mass is 35.5. The van der Waals surface area contributed by atoms with Crippen LogP contribution in [0.4, 0.5) is 5.82 Å². The van der Waals surface area contributed by atoms with Gasteiger partial charge in [-0.2, -0.15) is 0 Å². The summed E-state index contributed by atoms with van der Waals surface area (Å²) in [4.78, 5) is 14.3. The number of hydrogen-bond donors (Lipinski definition) is 0. The van der Waals surface area contributed by atoms with Crippen molar-refractivity contribution < 1.29 is 14.4 Å². The quantitative estimate of drug-likeness (QED) is 0.459. The molecule has 0 radical (unpaired) electrons. The number of halogens is 1. The summed E-state index contributed by atoms with van der Waals surface area (Å²) >= 11 is 6.08. The molecule has 0 spiro atoms. The number of pyridine rings is 1. The van der Waals surface area contributed by atoms with Crippen molar-refractivity contribution >= 4 is 17.4 Å². The van der Waals surface area contributed by atoms with Crippen LogP contribution < -0.4 is 4.74 Å². The number of ether oxygens (including phenoxy) is 2. The van der Waals surface area contributed by atoms with E-state index in [9.17, 15) is 10.1 Å². The molecule has 0 aliphatic heterocycles. The third-order valence-corrected chi connectivity index (χ3v) is 3.55. The molecule has 3 atom stereocenters. The van der Waals surface area contributed by atoms with Crippen LogP contribution in [0.25, 0.3) is 0 Å². The van der Waals surface area contributed by atoms with E-state index in [0.29, 0.717) is 18.7 Å². The van der Waals surface area contributed by atoms with Crippen molar-refractivity contribution in [2.24, 2.45) is 0 Å². The first-order chi connectivity index (χ1) is 9.52. The highest BCUT2D eigenvalue weighted by Crippen LogP contribution is 2.35. The van der Waals surface area contributed by atoms with Crippen LogP contribution >= 0.6 is 11.6 Å². The van der Waals surface area contributed by atoms with Crippen molar-refractivity contribution in [3.63, 3.8) is 0 Å². The van der Waals surface area contributed by atoms with Gasteiger partial charge in [0.1, 0.15) is 17.9 Å². The van der Waals surface area contributed by atoms with E-state index in [1.165, 1.54) is 0 Å². The van der Waals surface area contributed by atoms with Crippen LogP contribution in [0.15, 0.2) is 12.1 Å². The van der Waals surface area contributed by atoms with Crippen LogP contribution in [-0.4, -0.2) is 34.1 Å². The Labute approximate surface area is 122 Å². The number of aryl methyl sites for hydroxylation is 1. The molecule has 7 heteroatoms. The molecular formula is C13H17ClN2O4. The van der Waals surface area contributed by atoms with Crippen molar-refractivity contribution in [1.82, 2.24) is 4.98 Å². The van der Waals surface area contributed by atoms with Gasteiger partial charge in [-0.3, -0.25) is 0 Å². The molecule has 110 valence electrons. The second-order valence-electron chi connectivity index (χ2n) is 4.77. The summed E-state index contributed by atoms with van der Waals surface area (Å²) in [6.07, 6.45) is 1.02. The molecule has 1 aromatic rings. The van der Waals surface area contributed by atoms with Crippen LogP contribution in [-0.2, 0) is 4.74 Å². The molecule has 2 rings (SSSR count). The molecule has 1 fully saturated rings. The predicted octanol–water partition coefficient (Wildman–Crippen LogP) is 2.85. The number of nitro groups is 1. The lowest BCUT2D eigenvalue weighted by Gasteiger charge is -2.40. The second kappa shape index (κ2) is 6.37. The zero-order chi connectivity index (χ0) is 14.7. The van der Waals surface area contributed by atoms with E-state index in [2.05, 4.69) is 4.98 Å². The van der Waals surface area contributed by atoms with Gasteiger partial charge in [0.05, 0.1) is 5.38 Å². The Morgan fingerprint density at radius 3 is 2.90 bits per heavy atom. The summed E-state index contributed by atoms with van der Waals surface area (Å²) in [6, 6.07) is 3.25. The molecular weight excluding hydrogens is 284 g/mol. The molecule has 0 amide bonds. The number of rotatable bonds is 6. The maximum absolute atomic E-state index is 11.0. The van der Waals surface area contributed by atoms with E-state index in [-0.39, 0.29) is 29.2 Å². The van der Waals surface area contributed by atoms with E-state index in [0.717, 1.165) is 6.42 Å². The zero-order valence-electron chi connectivity index (χ0n) is 11.4. The summed E-state index contributed by atoms with van der Waals surface area (Å²) in [7, 11) is 0. The normalized spacial score (nSPS) is 25.1. The Morgan fingerprint density at radius 2 is 2.30 bits per heavy atom. The molecule has 1 aromatic heterocycles. The molecule has 3 unspecified atom stereocenters. The molecule has 0 bridgehead atoms. The van der Waals surface area contributed by atoms with Gasteiger partial charge in [-0.15, -0.1) is 11.6 Å². The van der Waals surface area contributed by atoms with Gasteiger partial charge in [-0.05, 0) is 28.5 Å². The molecule has 0 N–H and O–H groups in total. The third kappa shape index (κ3) is 3.19. The van der Waals surface area contributed by atoms with Gasteiger partial charge in [0.15, 0.2) is 0 Å². The van der Waals surface area contributed by atoms with Gasteiger partial charge in [-0.1, -0.05) is 6.92 Å². The monoisotopic (exact) mass is 300 g/mol. The Hall–Kier alpha value is -1.40. The van der Waals surface area contributed by atoms with Crippen molar-refractivity contribution in [3.05, 3.63) is 27.9 Å². The molecule has 0 saturated heterocycles. The first-order valence-electron chi connectivity index (χ1n) is 6.57. The summed E-state index contributed by atoms with van der Waals surface area (Å²) in [6.45, 7) is 4.30. The van der Waals surface area contributed by atoms with Crippen LogP contribution in [0, 0.1) is 17.0 Å². The van der Waals surface area contributed by atoms with Gasteiger partial charge in [-0.25, -0.2) is 0 Å². The standard InChI is InChI=1S/C13H17ClN2O4/c1-3-6-19-12-9(14)7-11(12)20-10-5-4-8(2)15-13(10)16(17)18/h4-5,9,11-12H,3,6-7H2,1-2H3. The third-order valence-electron chi connectivity index (χ3n) is 3.12. The second-order valence-corrected chi connectivity index (χ2v) is 5.34. The smallest absolute Gasteiger partial charge is 0.406 e. The number of alkyl halides is 1. The first-order valence-corrected chi connectivity index (χ1v) is 7.01. The minimum atomic E-state index is -0.541. The van der Waals surface area contributed by atoms with E-state index < -0.39 is 4.92 Å². The van der Waals surface area contributed by atoms with E-state index in [4.69, 9.17) is 21.1 Å². The van der Waals surface area contributed by atoms with Gasteiger partial charge in [0, 0.05) is 20.0 Å². The average Bonchev–Trinajstić information content (AvgIpc) is 2.40. The fraction of sp³-hybridized carbons (Fsp3) is 0.615. The van der Waals surface area contributed by atoms with E-state index >= 15 is 0 Å². The van der Waals surface area contributed by atoms with Gasteiger partial charge in [0.25, 0.3) is 0 Å². The molecule has 20 heavy (non-hydrogen) atoms. The lowest BCUT2D eigenvalue weighted by atomic mass is 9.91. The number of aromatic nitrogens is 1. The van der Waals surface area contributed by atoms with Crippen LogP contribution in [0.3, 0.4) is 0 Å². The molecule has 1 aliphatic rings. The Morgan fingerprint density at radius 1 is 1.55 bits per heavy atom. The summed E-state index contributed by atoms with van der Waals surface area (Å²) < 4.78 is 11.3. The number of hydrogen-bond acceptors (Lipinski definition) is 5. The van der Waals surface area contributed by atoms with Crippen molar-refractivity contribution in [1.29, 1.82) is 0 Å². The van der Waals surface area contributed by atoms with E-state index in [1.54, 1.807) is 19.1 Å². The van der Waals surface area contributed by atoms with Crippen LogP contribution in [0.2, 0.25) is 0 Å². The molecule has 6 nitrogen and oxygen atoms in total. The van der Waals surface area contributed by atoms with E-state index in [1.807, 2.05) is 6.92 Å². The largest absolute Gasteiger partial charge is 0.479 e. The van der Waals surface area contributed by atoms with Crippen molar-refractivity contribution in [3.8, 4) is 5.75 Å². The van der Waals surface area contributed by atoms with Crippen molar-refractivity contribution in [2.75, 3.05) is 6.61 Å². The van der Waals surface area contributed by atoms with Crippen LogP contribution in [0.1, 0.15) is 25.5 Å². The fourth-order valence-electron chi connectivity index (χ4n) is 2.02. The van der Waals surface area contributed by atoms with Crippen molar-refractivity contribution in [2.45, 2.75) is 44.3 Å². The Balaban J connectivity index is 2.08. The topological polar surface area (TPSA) is 74.5 Å². The highest BCUT2D eigenvalue weighted by Gasteiger charge is 2.43. The Kier molecular flexibility index (Phi) is 4.77. The first kappa shape index (κ1) is 15.0. The lowest BCUT2D eigenvalue weighted by Crippen LogP contribution is -2.52. The maximum atomic E-state index is 11.0. The average molecular weight is 301 g/mol. The minimum absolute atomic E-state index is 0.107. The highest BCUT2D eigenvalue weighted by molar-refractivity contribution is 6.21. The lowest BCUT2D eigenvalue weighted by molar-refractivity contribution is -0.391. The predicted molar refractivity (Wildman–Crippen MR) is 74.3 cm³/mol. The molecule has 1 heterocycles. The fourth-order valence-corrected chi connectivity index (χ4v) is 2.43. The Bertz CT molecular complexity index is 497. The minimum Gasteiger partial charge on any atom is -0.479 e. The summed E-state index contributed by atoms with van der Waals surface area (Å²) in [5.74, 6) is -0.100. The van der Waals surface area contributed by atoms with Gasteiger partial charge < -0.3 is 19.6 Å². The molecule has 1 saturated carbocycles. The summed E-state index contributed by atoms with van der Waals surface area (Å²) in [5, 5.41) is 10.9. The number of nitrogens with zero attached hydrogens (tertiary/aromatic N) is 2. The van der Waals surface area contributed by atoms with Crippen LogP contribution in [0.5, 0.6) is 5.75 Å². The zero-order valence-corrected chi connectivity index (χ0v) is 12.2. The summed E-state index contributed by atoms with van der Waals surface area (Å²) in [5.41, 5.74) is 0.576. The van der Waals surface area contributed by atoms with Gasteiger partial charge in [0.2, 0.25) is 5.75 Å².